The highest BCUT2D eigenvalue weighted by Crippen LogP contribution is 2.27. The van der Waals surface area contributed by atoms with Crippen molar-refractivity contribution in [3.8, 4) is 17.3 Å². The van der Waals surface area contributed by atoms with Crippen LogP contribution >= 0.6 is 0 Å². The molecule has 2 heterocycles. The molecule has 27 heavy (non-hydrogen) atoms. The van der Waals surface area contributed by atoms with Crippen LogP contribution in [0.3, 0.4) is 0 Å². The summed E-state index contributed by atoms with van der Waals surface area (Å²) in [4.78, 5) is 16.3. The van der Waals surface area contributed by atoms with Gasteiger partial charge in [0.1, 0.15) is 11.9 Å². The number of rotatable bonds is 6. The van der Waals surface area contributed by atoms with Crippen LogP contribution < -0.4 is 5.32 Å². The maximum absolute atomic E-state index is 13.6. The van der Waals surface area contributed by atoms with Gasteiger partial charge in [0.05, 0.1) is 11.3 Å². The smallest absolute Gasteiger partial charge is 0.225 e. The highest BCUT2D eigenvalue weighted by molar-refractivity contribution is 5.91. The van der Waals surface area contributed by atoms with Gasteiger partial charge in [-0.15, -0.1) is 0 Å². The predicted octanol–water partition coefficient (Wildman–Crippen LogP) is 3.62. The van der Waals surface area contributed by atoms with E-state index in [1.807, 2.05) is 19.1 Å². The largest absolute Gasteiger partial charge is 0.309 e. The minimum Gasteiger partial charge on any atom is -0.309 e. The maximum atomic E-state index is 13.6. The normalized spacial score (nSPS) is 10.4. The lowest BCUT2D eigenvalue weighted by Gasteiger charge is -2.06. The van der Waals surface area contributed by atoms with Gasteiger partial charge in [0.25, 0.3) is 0 Å². The van der Waals surface area contributed by atoms with Crippen LogP contribution in [0.15, 0.2) is 42.7 Å². The summed E-state index contributed by atoms with van der Waals surface area (Å²) in [6, 6.07) is 9.89. The Morgan fingerprint density at radius 3 is 2.74 bits per heavy atom. The van der Waals surface area contributed by atoms with Gasteiger partial charge in [0.2, 0.25) is 5.91 Å². The van der Waals surface area contributed by atoms with Crippen molar-refractivity contribution in [2.75, 3.05) is 5.32 Å². The van der Waals surface area contributed by atoms with E-state index >= 15 is 0 Å². The Kier molecular flexibility index (Phi) is 5.57. The number of aromatic nitrogens is 3. The van der Waals surface area contributed by atoms with E-state index in [0.29, 0.717) is 24.2 Å². The molecule has 0 atom stereocenters. The molecule has 0 aliphatic rings. The minimum absolute atomic E-state index is 0.00375. The van der Waals surface area contributed by atoms with Gasteiger partial charge in [-0.05, 0) is 42.7 Å². The first-order valence-electron chi connectivity index (χ1n) is 8.58. The topological polar surface area (TPSA) is 94.5 Å². The number of carbonyl (C=O) groups excluding carboxylic acids is 1. The molecule has 0 unspecified atom stereocenters. The number of carbonyl (C=O) groups is 1. The summed E-state index contributed by atoms with van der Waals surface area (Å²) in [5.74, 6) is -0.277. The second-order valence-electron chi connectivity index (χ2n) is 5.99. The molecule has 3 rings (SSSR count). The van der Waals surface area contributed by atoms with Crippen LogP contribution in [-0.2, 0) is 17.6 Å². The third kappa shape index (κ3) is 4.18. The number of halogens is 1. The summed E-state index contributed by atoms with van der Waals surface area (Å²) in [6.45, 7) is 1.99. The first-order chi connectivity index (χ1) is 13.1. The van der Waals surface area contributed by atoms with Gasteiger partial charge in [-0.3, -0.25) is 14.9 Å². The van der Waals surface area contributed by atoms with Crippen LogP contribution in [0, 0.1) is 17.1 Å². The number of pyridine rings is 1. The van der Waals surface area contributed by atoms with Crippen molar-refractivity contribution in [2.24, 2.45) is 0 Å². The quantitative estimate of drug-likeness (QED) is 0.699. The van der Waals surface area contributed by atoms with Crippen LogP contribution in [0.2, 0.25) is 0 Å². The van der Waals surface area contributed by atoms with Crippen LogP contribution in [0.1, 0.15) is 30.0 Å². The van der Waals surface area contributed by atoms with E-state index in [9.17, 15) is 9.18 Å². The molecule has 0 radical (unpaired) electrons. The fraction of sp³-hybridized carbons (Fsp3) is 0.200. The van der Waals surface area contributed by atoms with Gasteiger partial charge in [-0.25, -0.2) is 4.39 Å². The van der Waals surface area contributed by atoms with E-state index < -0.39 is 5.82 Å². The number of nitriles is 1. The summed E-state index contributed by atoms with van der Waals surface area (Å²) in [6.07, 6.45) is 4.66. The highest BCUT2D eigenvalue weighted by Gasteiger charge is 2.15. The monoisotopic (exact) mass is 363 g/mol. The molecule has 0 aliphatic carbocycles. The molecule has 6 nitrogen and oxygen atoms in total. The lowest BCUT2D eigenvalue weighted by Crippen LogP contribution is -2.14. The molecule has 0 aliphatic heterocycles. The molecule has 2 N–H and O–H groups in total. The third-order valence-electron chi connectivity index (χ3n) is 4.24. The second kappa shape index (κ2) is 8.23. The molecular weight excluding hydrogens is 345 g/mol. The molecule has 0 spiro atoms. The first-order valence-corrected chi connectivity index (χ1v) is 8.58. The molecule has 0 saturated heterocycles. The molecule has 1 amide bonds. The maximum Gasteiger partial charge on any atom is 0.225 e. The van der Waals surface area contributed by atoms with Gasteiger partial charge in [0, 0.05) is 29.9 Å². The number of H-pyrrole nitrogens is 1. The standard InChI is InChI=1S/C20H18FN5O/c1-2-16-19(14-7-9-23-10-8-14)25-26-20(16)24-18(27)6-4-13-3-5-15(12-22)17(21)11-13/h3,5,7-11H,2,4,6H2,1H3,(H2,24,25,26,27). The van der Waals surface area contributed by atoms with Crippen LogP contribution in [0.4, 0.5) is 10.2 Å². The second-order valence-corrected chi connectivity index (χ2v) is 5.99. The molecule has 136 valence electrons. The molecule has 2 aromatic heterocycles. The summed E-state index contributed by atoms with van der Waals surface area (Å²) in [5.41, 5.74) is 3.37. The van der Waals surface area contributed by atoms with Crippen molar-refractivity contribution in [3.05, 3.63) is 65.2 Å². The van der Waals surface area contributed by atoms with Crippen molar-refractivity contribution in [1.29, 1.82) is 5.26 Å². The zero-order chi connectivity index (χ0) is 19.2. The average Bonchev–Trinajstić information content (AvgIpc) is 3.09. The van der Waals surface area contributed by atoms with E-state index in [4.69, 9.17) is 5.26 Å². The predicted molar refractivity (Wildman–Crippen MR) is 99.3 cm³/mol. The molecule has 0 bridgehead atoms. The zero-order valence-corrected chi connectivity index (χ0v) is 14.8. The summed E-state index contributed by atoms with van der Waals surface area (Å²) in [7, 11) is 0. The number of aryl methyl sites for hydroxylation is 1. The van der Waals surface area contributed by atoms with Gasteiger partial charge >= 0.3 is 0 Å². The van der Waals surface area contributed by atoms with Crippen LogP contribution in [0.25, 0.3) is 11.3 Å². The summed E-state index contributed by atoms with van der Waals surface area (Å²) >= 11 is 0. The van der Waals surface area contributed by atoms with Crippen molar-refractivity contribution in [1.82, 2.24) is 15.2 Å². The van der Waals surface area contributed by atoms with Crippen LogP contribution in [0.5, 0.6) is 0 Å². The van der Waals surface area contributed by atoms with Gasteiger partial charge in [-0.1, -0.05) is 13.0 Å². The third-order valence-corrected chi connectivity index (χ3v) is 4.24. The van der Waals surface area contributed by atoms with Gasteiger partial charge < -0.3 is 5.32 Å². The fourth-order valence-electron chi connectivity index (χ4n) is 2.83. The zero-order valence-electron chi connectivity index (χ0n) is 14.8. The fourth-order valence-corrected chi connectivity index (χ4v) is 2.83. The lowest BCUT2D eigenvalue weighted by molar-refractivity contribution is -0.116. The van der Waals surface area contributed by atoms with Crippen LogP contribution in [-0.4, -0.2) is 21.1 Å². The number of benzene rings is 1. The Balaban J connectivity index is 1.67. The summed E-state index contributed by atoms with van der Waals surface area (Å²) < 4.78 is 13.6. The highest BCUT2D eigenvalue weighted by atomic mass is 19.1. The Morgan fingerprint density at radius 1 is 1.30 bits per heavy atom. The Morgan fingerprint density at radius 2 is 2.07 bits per heavy atom. The molecule has 0 saturated carbocycles. The SMILES string of the molecule is CCc1c(NC(=O)CCc2ccc(C#N)c(F)c2)n[nH]c1-c1ccncc1. The van der Waals surface area contributed by atoms with Crippen molar-refractivity contribution in [3.63, 3.8) is 0 Å². The number of hydrogen-bond donors (Lipinski definition) is 2. The van der Waals surface area contributed by atoms with E-state index in [2.05, 4.69) is 20.5 Å². The van der Waals surface area contributed by atoms with Gasteiger partial charge in [0.15, 0.2) is 5.82 Å². The molecule has 1 aromatic carbocycles. The van der Waals surface area contributed by atoms with E-state index in [0.717, 1.165) is 16.8 Å². The molecule has 0 fully saturated rings. The summed E-state index contributed by atoms with van der Waals surface area (Å²) in [5, 5.41) is 18.8. The van der Waals surface area contributed by atoms with Crippen molar-refractivity contribution in [2.45, 2.75) is 26.2 Å². The lowest BCUT2D eigenvalue weighted by atomic mass is 10.1. The Bertz CT molecular complexity index is 991. The number of nitrogens with one attached hydrogen (secondary N) is 2. The average molecular weight is 363 g/mol. The van der Waals surface area contributed by atoms with E-state index in [1.165, 1.54) is 12.1 Å². The molecule has 7 heteroatoms. The number of amides is 1. The van der Waals surface area contributed by atoms with E-state index in [1.54, 1.807) is 24.5 Å². The Hall–Kier alpha value is -3.53. The Labute approximate surface area is 156 Å². The molecular formula is C20H18FN5O. The number of anilines is 1. The number of aromatic amines is 1. The van der Waals surface area contributed by atoms with Crippen molar-refractivity contribution >= 4 is 11.7 Å². The molecule has 3 aromatic rings. The first kappa shape index (κ1) is 18.3. The minimum atomic E-state index is -0.571. The number of nitrogens with zero attached hydrogens (tertiary/aromatic N) is 3. The van der Waals surface area contributed by atoms with E-state index in [-0.39, 0.29) is 17.9 Å². The number of hydrogen-bond acceptors (Lipinski definition) is 4. The van der Waals surface area contributed by atoms with Gasteiger partial charge in [-0.2, -0.15) is 10.4 Å². The van der Waals surface area contributed by atoms with Crippen molar-refractivity contribution < 1.29 is 9.18 Å².